The highest BCUT2D eigenvalue weighted by Gasteiger charge is 2.30. The monoisotopic (exact) mass is 439 g/mol. The third-order valence-electron chi connectivity index (χ3n) is 4.18. The molecule has 0 bridgehead atoms. The van der Waals surface area contributed by atoms with Gasteiger partial charge in [0.15, 0.2) is 13.0 Å². The van der Waals surface area contributed by atoms with Gasteiger partial charge in [0.1, 0.15) is 34.4 Å². The van der Waals surface area contributed by atoms with Crippen LogP contribution in [0.2, 0.25) is 0 Å². The molecule has 1 aromatic carbocycles. The average Bonchev–Trinajstić information content (AvgIpc) is 3.07. The number of carbonyl (C=O) groups is 1. The molecule has 0 aliphatic carbocycles. The predicted octanol–water partition coefficient (Wildman–Crippen LogP) is 1.22. The quantitative estimate of drug-likeness (QED) is 0.438. The molecule has 3 rings (SSSR count). The maximum Gasteiger partial charge on any atom is 0.266 e. The topological polar surface area (TPSA) is 169 Å². The molecule has 31 heavy (non-hydrogen) atoms. The molecule has 0 saturated heterocycles. The predicted molar refractivity (Wildman–Crippen MR) is 105 cm³/mol. The molecule has 0 fully saturated rings. The van der Waals surface area contributed by atoms with E-state index >= 15 is 0 Å². The second-order valence-corrected chi connectivity index (χ2v) is 7.57. The van der Waals surface area contributed by atoms with Gasteiger partial charge >= 0.3 is 0 Å². The van der Waals surface area contributed by atoms with Gasteiger partial charge in [-0.2, -0.15) is 10.5 Å². The third kappa shape index (κ3) is 4.24. The van der Waals surface area contributed by atoms with Gasteiger partial charge in [-0.1, -0.05) is 16.4 Å². The zero-order chi connectivity index (χ0) is 22.7. The molecule has 0 aliphatic rings. The van der Waals surface area contributed by atoms with Crippen LogP contribution >= 0.6 is 11.8 Å². The average molecular weight is 439 g/mol. The number of halogens is 1. The van der Waals surface area contributed by atoms with Crippen molar-refractivity contribution in [3.05, 3.63) is 41.2 Å². The number of nitrogens with zero attached hydrogens (tertiary/aromatic N) is 5. The van der Waals surface area contributed by atoms with Gasteiger partial charge in [-0.05, 0) is 31.2 Å². The number of nitrogens with two attached hydrogens (primary N) is 1. The number of amides is 1. The third-order valence-corrected chi connectivity index (χ3v) is 5.27. The molecule has 1 unspecified atom stereocenters. The van der Waals surface area contributed by atoms with Crippen molar-refractivity contribution in [2.45, 2.75) is 17.2 Å². The van der Waals surface area contributed by atoms with E-state index in [1.807, 2.05) is 12.1 Å². The molecule has 12 heteroatoms. The number of hydrogen-bond donors (Lipinski definition) is 2. The summed E-state index contributed by atoms with van der Waals surface area (Å²) in [5.74, 6) is -1.96. The number of nitrogen functional groups attached to an aromatic ring is 1. The van der Waals surface area contributed by atoms with Crippen LogP contribution < -0.4 is 20.8 Å². The summed E-state index contributed by atoms with van der Waals surface area (Å²) in [5.41, 5.74) is 5.77. The largest absolute Gasteiger partial charge is 0.539 e. The Morgan fingerprint density at radius 2 is 1.97 bits per heavy atom. The number of hydrogen-bond acceptors (Lipinski definition) is 9. The lowest BCUT2D eigenvalue weighted by molar-refractivity contribution is -0.730. The molecule has 0 spiro atoms. The number of aryl methyl sites for hydroxylation is 1. The molecule has 0 radical (unpaired) electrons. The summed E-state index contributed by atoms with van der Waals surface area (Å²) in [6.45, 7) is 1.57. The van der Waals surface area contributed by atoms with E-state index in [0.717, 1.165) is 16.4 Å². The molecule has 1 amide bonds. The number of benzene rings is 1. The van der Waals surface area contributed by atoms with Gasteiger partial charge in [-0.15, -0.1) is 0 Å². The van der Waals surface area contributed by atoms with Crippen molar-refractivity contribution in [3.63, 3.8) is 0 Å². The zero-order valence-corrected chi connectivity index (χ0v) is 17.0. The van der Waals surface area contributed by atoms with Crippen molar-refractivity contribution in [1.82, 2.24) is 10.3 Å². The van der Waals surface area contributed by atoms with Gasteiger partial charge in [0.2, 0.25) is 5.91 Å². The Hall–Kier alpha value is -4.16. The van der Waals surface area contributed by atoms with Crippen molar-refractivity contribution in [1.29, 1.82) is 10.5 Å². The molecule has 0 saturated carbocycles. The minimum absolute atomic E-state index is 0.0522. The van der Waals surface area contributed by atoms with Crippen molar-refractivity contribution < 1.29 is 23.5 Å². The van der Waals surface area contributed by atoms with Crippen molar-refractivity contribution in [3.8, 4) is 29.3 Å². The van der Waals surface area contributed by atoms with Crippen LogP contribution in [0, 0.1) is 28.5 Å². The Balaban J connectivity index is 2.00. The highest BCUT2D eigenvalue weighted by Crippen LogP contribution is 2.37. The summed E-state index contributed by atoms with van der Waals surface area (Å²) in [6.07, 6.45) is 0. The molecule has 3 aromatic rings. The lowest BCUT2D eigenvalue weighted by Crippen LogP contribution is -2.32. The van der Waals surface area contributed by atoms with Crippen LogP contribution in [0.5, 0.6) is 5.95 Å². The van der Waals surface area contributed by atoms with Crippen LogP contribution in [0.4, 0.5) is 15.9 Å². The molecular formula is C19H14FN7O3S. The number of nitriles is 2. The number of carbonyl (C=O) groups excluding carboxylic acids is 1. The molecule has 1 atom stereocenters. The van der Waals surface area contributed by atoms with Crippen molar-refractivity contribution >= 4 is 29.2 Å². The van der Waals surface area contributed by atoms with Crippen molar-refractivity contribution in [2.24, 2.45) is 7.05 Å². The highest BCUT2D eigenvalue weighted by molar-refractivity contribution is 8.00. The minimum Gasteiger partial charge on any atom is -0.539 e. The van der Waals surface area contributed by atoms with E-state index in [9.17, 15) is 24.8 Å². The molecule has 0 aliphatic heterocycles. The summed E-state index contributed by atoms with van der Waals surface area (Å²) in [6, 6.07) is 8.99. The lowest BCUT2D eigenvalue weighted by atomic mass is 10.0. The smallest absolute Gasteiger partial charge is 0.266 e. The zero-order valence-electron chi connectivity index (χ0n) is 16.2. The van der Waals surface area contributed by atoms with Crippen molar-refractivity contribution in [2.75, 3.05) is 11.1 Å². The second kappa shape index (κ2) is 8.69. The highest BCUT2D eigenvalue weighted by atomic mass is 32.2. The van der Waals surface area contributed by atoms with E-state index < -0.39 is 22.9 Å². The first-order valence-electron chi connectivity index (χ1n) is 8.67. The molecular weight excluding hydrogens is 425 g/mol. The molecule has 3 N–H and O–H groups in total. The molecule has 2 heterocycles. The van der Waals surface area contributed by atoms with E-state index in [0.29, 0.717) is 5.69 Å². The van der Waals surface area contributed by atoms with E-state index in [4.69, 9.17) is 5.73 Å². The number of aromatic nitrogens is 3. The lowest BCUT2D eigenvalue weighted by Gasteiger charge is -2.14. The van der Waals surface area contributed by atoms with Gasteiger partial charge in [0.05, 0.1) is 21.6 Å². The van der Waals surface area contributed by atoms with Crippen LogP contribution in [0.15, 0.2) is 33.8 Å². The number of rotatable bonds is 5. The Bertz CT molecular complexity index is 1230. The summed E-state index contributed by atoms with van der Waals surface area (Å²) < 4.78 is 18.7. The van der Waals surface area contributed by atoms with Gasteiger partial charge < -0.3 is 20.7 Å². The van der Waals surface area contributed by atoms with Crippen LogP contribution in [-0.2, 0) is 11.8 Å². The summed E-state index contributed by atoms with van der Waals surface area (Å²) in [5, 5.41) is 36.8. The molecule has 2 aromatic heterocycles. The number of pyridine rings is 1. The van der Waals surface area contributed by atoms with E-state index in [-0.39, 0.29) is 33.2 Å². The summed E-state index contributed by atoms with van der Waals surface area (Å²) in [7, 11) is 1.41. The fourth-order valence-electron chi connectivity index (χ4n) is 2.70. The SMILES string of the molecule is CC(Sc1nc(N)c(C#N)c(-c2c([O-])on[n+]2C)c1C#N)C(=O)Nc1ccc(F)cc1. The summed E-state index contributed by atoms with van der Waals surface area (Å²) >= 11 is 0.910. The molecule has 10 nitrogen and oxygen atoms in total. The standard InChI is InChI=1S/C19H14FN7O3S/c1-9(17(28)24-11-5-3-10(20)4-6-11)31-18-13(8-22)14(12(7-21)16(23)25-18)15-19(29)30-26-27(15)2/h3-6,9H,1-2H3,(H3-,23,24,25,26,28,29). The Kier molecular flexibility index (Phi) is 6.04. The number of nitrogens with one attached hydrogen (secondary N) is 1. The van der Waals surface area contributed by atoms with Gasteiger partial charge in [-0.3, -0.25) is 4.79 Å². The van der Waals surface area contributed by atoms with E-state index in [1.165, 1.54) is 31.3 Å². The first-order chi connectivity index (χ1) is 14.8. The first kappa shape index (κ1) is 21.5. The number of anilines is 2. The van der Waals surface area contributed by atoms with Gasteiger partial charge in [0.25, 0.3) is 5.69 Å². The number of thioether (sulfide) groups is 1. The fraction of sp³-hybridized carbons (Fsp3) is 0.158. The Labute approximate surface area is 179 Å². The minimum atomic E-state index is -0.862. The van der Waals surface area contributed by atoms with Crippen LogP contribution in [0.1, 0.15) is 18.1 Å². The Morgan fingerprint density at radius 1 is 1.32 bits per heavy atom. The molecule has 156 valence electrons. The van der Waals surface area contributed by atoms with E-state index in [2.05, 4.69) is 20.1 Å². The van der Waals surface area contributed by atoms with Crippen LogP contribution in [0.25, 0.3) is 11.3 Å². The normalized spacial score (nSPS) is 11.4. The Morgan fingerprint density at radius 3 is 2.52 bits per heavy atom. The fourth-order valence-corrected chi connectivity index (χ4v) is 3.61. The maximum atomic E-state index is 13.0. The first-order valence-corrected chi connectivity index (χ1v) is 9.54. The second-order valence-electron chi connectivity index (χ2n) is 6.24. The van der Waals surface area contributed by atoms with Crippen LogP contribution in [-0.4, -0.2) is 21.4 Å². The van der Waals surface area contributed by atoms with Gasteiger partial charge in [0, 0.05) is 5.69 Å². The van der Waals surface area contributed by atoms with E-state index in [1.54, 1.807) is 6.92 Å². The summed E-state index contributed by atoms with van der Waals surface area (Å²) in [4.78, 5) is 16.6. The van der Waals surface area contributed by atoms with Gasteiger partial charge in [-0.25, -0.2) is 9.37 Å². The maximum absolute atomic E-state index is 13.0. The van der Waals surface area contributed by atoms with Crippen LogP contribution in [0.3, 0.4) is 0 Å².